The van der Waals surface area contributed by atoms with Crippen molar-refractivity contribution in [1.29, 1.82) is 0 Å². The fraction of sp³-hybridized carbons (Fsp3) is 0.867. The highest BCUT2D eigenvalue weighted by Gasteiger charge is 2.25. The Morgan fingerprint density at radius 2 is 2.20 bits per heavy atom. The first-order chi connectivity index (χ1) is 9.65. The minimum atomic E-state index is -2.12. The maximum absolute atomic E-state index is 10.4. The quantitative estimate of drug-likeness (QED) is 0.580. The summed E-state index contributed by atoms with van der Waals surface area (Å²) in [5, 5.41) is 0. The average Bonchev–Trinajstić information content (AvgIpc) is 2.43. The lowest BCUT2D eigenvalue weighted by Crippen LogP contribution is -2.23. The molecule has 116 valence electrons. The normalized spacial score (nSPS) is 25.8. The molecule has 0 radical (unpaired) electrons. The van der Waals surface area contributed by atoms with Crippen LogP contribution < -0.4 is 4.72 Å². The molecule has 0 saturated carbocycles. The number of allylic oxidation sites excluding steroid dienone is 2. The molecule has 2 rings (SSSR count). The minimum Gasteiger partial charge on any atom is -0.760 e. The lowest BCUT2D eigenvalue weighted by Gasteiger charge is -2.32. The van der Waals surface area contributed by atoms with E-state index >= 15 is 0 Å². The summed E-state index contributed by atoms with van der Waals surface area (Å²) >= 11 is -2.12. The summed E-state index contributed by atoms with van der Waals surface area (Å²) in [6, 6.07) is 0. The zero-order valence-corrected chi connectivity index (χ0v) is 13.2. The van der Waals surface area contributed by atoms with Crippen molar-refractivity contribution in [3.05, 3.63) is 11.3 Å². The Hall–Kier alpha value is -0.390. The molecule has 0 aromatic rings. The maximum atomic E-state index is 10.4. The molecule has 0 bridgehead atoms. The van der Waals surface area contributed by atoms with Crippen LogP contribution in [0.15, 0.2) is 11.3 Å². The first kappa shape index (κ1) is 16.0. The van der Waals surface area contributed by atoms with Crippen LogP contribution in [0.3, 0.4) is 0 Å². The molecule has 1 N–H and O–H groups in total. The Labute approximate surface area is 124 Å². The van der Waals surface area contributed by atoms with E-state index in [4.69, 9.17) is 4.74 Å². The highest BCUT2D eigenvalue weighted by atomic mass is 32.2. The van der Waals surface area contributed by atoms with Gasteiger partial charge in [-0.1, -0.05) is 6.92 Å². The number of hydrogen-bond donors (Lipinski definition) is 1. The van der Waals surface area contributed by atoms with Gasteiger partial charge in [-0.25, -0.2) is 4.72 Å². The summed E-state index contributed by atoms with van der Waals surface area (Å²) in [6.07, 6.45) is 10.8. The molecule has 0 fully saturated rings. The van der Waals surface area contributed by atoms with Crippen molar-refractivity contribution in [2.24, 2.45) is 5.92 Å². The van der Waals surface area contributed by atoms with Gasteiger partial charge >= 0.3 is 0 Å². The van der Waals surface area contributed by atoms with E-state index in [-0.39, 0.29) is 0 Å². The molecule has 3 unspecified atom stereocenters. The van der Waals surface area contributed by atoms with E-state index in [2.05, 4.69) is 11.6 Å². The highest BCUT2D eigenvalue weighted by Crippen LogP contribution is 2.36. The van der Waals surface area contributed by atoms with E-state index in [0.717, 1.165) is 32.1 Å². The van der Waals surface area contributed by atoms with Gasteiger partial charge in [0.1, 0.15) is 0 Å². The third kappa shape index (κ3) is 5.19. The first-order valence-corrected chi connectivity index (χ1v) is 8.93. The largest absolute Gasteiger partial charge is 0.760 e. The van der Waals surface area contributed by atoms with E-state index in [9.17, 15) is 8.76 Å². The van der Waals surface area contributed by atoms with Crippen LogP contribution in [-0.4, -0.2) is 21.4 Å². The van der Waals surface area contributed by atoms with Crippen molar-refractivity contribution in [3.63, 3.8) is 0 Å². The Balaban J connectivity index is 1.66. The smallest absolute Gasteiger partial charge is 0.0988 e. The molecule has 0 saturated heterocycles. The summed E-state index contributed by atoms with van der Waals surface area (Å²) in [5.41, 5.74) is 1.57. The fourth-order valence-electron chi connectivity index (χ4n) is 3.28. The molecule has 20 heavy (non-hydrogen) atoms. The predicted octanol–water partition coefficient (Wildman–Crippen LogP) is 3.18. The monoisotopic (exact) mass is 300 g/mol. The molecular weight excluding hydrogens is 274 g/mol. The molecule has 1 aliphatic carbocycles. The van der Waals surface area contributed by atoms with Gasteiger partial charge in [0, 0.05) is 24.2 Å². The lowest BCUT2D eigenvalue weighted by molar-refractivity contribution is 0.0592. The second-order valence-corrected chi connectivity index (χ2v) is 6.88. The maximum Gasteiger partial charge on any atom is 0.0988 e. The van der Waals surface area contributed by atoms with Crippen molar-refractivity contribution in [1.82, 2.24) is 4.72 Å². The summed E-state index contributed by atoms with van der Waals surface area (Å²) in [4.78, 5) is 0. The Morgan fingerprint density at radius 3 is 3.00 bits per heavy atom. The van der Waals surface area contributed by atoms with E-state index in [1.807, 2.05) is 0 Å². The number of hydrogen-bond acceptors (Lipinski definition) is 3. The molecule has 1 heterocycles. The van der Waals surface area contributed by atoms with Crippen LogP contribution in [0.4, 0.5) is 0 Å². The van der Waals surface area contributed by atoms with Gasteiger partial charge in [0.05, 0.1) is 11.9 Å². The van der Waals surface area contributed by atoms with Gasteiger partial charge in [0.2, 0.25) is 0 Å². The zero-order valence-electron chi connectivity index (χ0n) is 12.4. The van der Waals surface area contributed by atoms with Gasteiger partial charge in [-0.15, -0.1) is 0 Å². The number of rotatable bonds is 7. The fourth-order valence-corrected chi connectivity index (χ4v) is 3.59. The van der Waals surface area contributed by atoms with Crippen LogP contribution in [0.5, 0.6) is 0 Å². The number of ether oxygens (including phenoxy) is 1. The van der Waals surface area contributed by atoms with Gasteiger partial charge < -0.3 is 9.29 Å². The van der Waals surface area contributed by atoms with Crippen LogP contribution in [0, 0.1) is 5.92 Å². The Kier molecular flexibility index (Phi) is 6.52. The van der Waals surface area contributed by atoms with Crippen LogP contribution in [-0.2, 0) is 16.0 Å². The van der Waals surface area contributed by atoms with E-state index < -0.39 is 11.3 Å². The van der Waals surface area contributed by atoms with Crippen molar-refractivity contribution in [2.45, 2.75) is 70.8 Å². The molecule has 3 atom stereocenters. The van der Waals surface area contributed by atoms with Gasteiger partial charge in [-0.2, -0.15) is 0 Å². The summed E-state index contributed by atoms with van der Waals surface area (Å²) in [6.45, 7) is 2.78. The van der Waals surface area contributed by atoms with Crippen molar-refractivity contribution in [2.75, 3.05) is 6.54 Å². The second kappa shape index (κ2) is 8.15. The molecule has 5 heteroatoms. The molecule has 0 spiro atoms. The third-order valence-corrected chi connectivity index (χ3v) is 4.80. The summed E-state index contributed by atoms with van der Waals surface area (Å²) < 4.78 is 29.3. The van der Waals surface area contributed by atoms with Crippen LogP contribution in [0.25, 0.3) is 0 Å². The van der Waals surface area contributed by atoms with Crippen LogP contribution >= 0.6 is 0 Å². The van der Waals surface area contributed by atoms with E-state index in [1.165, 1.54) is 31.4 Å². The predicted molar refractivity (Wildman–Crippen MR) is 79.5 cm³/mol. The molecule has 1 aliphatic heterocycles. The SMILES string of the molecule is CC(CCCNS(=O)[O-])CC1CCC2=C(CCCC2)O1. The topological polar surface area (TPSA) is 61.4 Å². The standard InChI is InChI=1S/C15H27NO3S/c1-12(5-4-10-16-20(17)18)11-14-9-8-13-6-2-3-7-15(13)19-14/h12,14,16H,2-11H2,1H3,(H,17,18)/p-1. The first-order valence-electron chi connectivity index (χ1n) is 7.85. The van der Waals surface area contributed by atoms with E-state index in [0.29, 0.717) is 18.6 Å². The average molecular weight is 300 g/mol. The van der Waals surface area contributed by atoms with Gasteiger partial charge in [0.15, 0.2) is 0 Å². The highest BCUT2D eigenvalue weighted by molar-refractivity contribution is 7.77. The minimum absolute atomic E-state index is 0.378. The molecule has 4 nitrogen and oxygen atoms in total. The van der Waals surface area contributed by atoms with Crippen molar-refractivity contribution >= 4 is 11.3 Å². The van der Waals surface area contributed by atoms with Crippen molar-refractivity contribution in [3.8, 4) is 0 Å². The van der Waals surface area contributed by atoms with Crippen molar-refractivity contribution < 1.29 is 13.5 Å². The zero-order chi connectivity index (χ0) is 14.4. The van der Waals surface area contributed by atoms with Gasteiger partial charge in [0.25, 0.3) is 0 Å². The van der Waals surface area contributed by atoms with Crippen LogP contribution in [0.2, 0.25) is 0 Å². The van der Waals surface area contributed by atoms with Gasteiger partial charge in [-0.3, -0.25) is 4.21 Å². The molecular formula is C15H26NO3S-. The van der Waals surface area contributed by atoms with Gasteiger partial charge in [-0.05, 0) is 62.9 Å². The molecule has 0 aromatic heterocycles. The summed E-state index contributed by atoms with van der Waals surface area (Å²) in [7, 11) is 0. The molecule has 0 amide bonds. The molecule has 0 aromatic carbocycles. The van der Waals surface area contributed by atoms with Crippen LogP contribution in [0.1, 0.15) is 64.7 Å². The second-order valence-electron chi connectivity index (χ2n) is 6.12. The van der Waals surface area contributed by atoms with E-state index in [1.54, 1.807) is 5.57 Å². The summed E-state index contributed by atoms with van der Waals surface area (Å²) in [5.74, 6) is 1.88. The lowest BCUT2D eigenvalue weighted by atomic mass is 9.88. The third-order valence-electron chi connectivity index (χ3n) is 4.36. The number of nitrogens with one attached hydrogen (secondary N) is 1. The Morgan fingerprint density at radius 1 is 1.40 bits per heavy atom. The molecule has 2 aliphatic rings. The Bertz CT molecular complexity index is 370.